The van der Waals surface area contributed by atoms with E-state index in [2.05, 4.69) is 23.9 Å². The van der Waals surface area contributed by atoms with E-state index in [1.807, 2.05) is 4.90 Å². The average Bonchev–Trinajstić information content (AvgIpc) is 2.45. The van der Waals surface area contributed by atoms with Crippen LogP contribution in [0.3, 0.4) is 0 Å². The number of nitrogens with zero attached hydrogens (tertiary/aromatic N) is 3. The fourth-order valence-electron chi connectivity index (χ4n) is 2.41. The van der Waals surface area contributed by atoms with Crippen molar-refractivity contribution in [2.45, 2.75) is 0 Å². The molecular formula is C15H23ClN4O. The monoisotopic (exact) mass is 310 g/mol. The van der Waals surface area contributed by atoms with E-state index in [1.54, 1.807) is 18.2 Å². The number of likely N-dealkylation sites (N-methyl/N-ethyl adjacent to an activating group) is 1. The predicted molar refractivity (Wildman–Crippen MR) is 86.8 cm³/mol. The van der Waals surface area contributed by atoms with E-state index in [9.17, 15) is 4.79 Å². The highest BCUT2D eigenvalue weighted by Crippen LogP contribution is 2.20. The quantitative estimate of drug-likeness (QED) is 0.850. The highest BCUT2D eigenvalue weighted by Gasteiger charge is 2.23. The minimum atomic E-state index is -0.00331. The third-order valence-corrected chi connectivity index (χ3v) is 4.00. The Hall–Kier alpha value is -1.30. The molecular weight excluding hydrogens is 288 g/mol. The van der Waals surface area contributed by atoms with Crippen molar-refractivity contribution in [2.24, 2.45) is 0 Å². The van der Waals surface area contributed by atoms with Gasteiger partial charge in [0.05, 0.1) is 5.56 Å². The maximum absolute atomic E-state index is 12.5. The Morgan fingerprint density at radius 1 is 1.29 bits per heavy atom. The second-order valence-electron chi connectivity index (χ2n) is 5.67. The molecule has 1 aromatic rings. The maximum Gasteiger partial charge on any atom is 0.256 e. The van der Waals surface area contributed by atoms with E-state index in [4.69, 9.17) is 17.3 Å². The molecule has 1 aliphatic heterocycles. The van der Waals surface area contributed by atoms with Gasteiger partial charge in [0.15, 0.2) is 0 Å². The third kappa shape index (κ3) is 4.33. The molecule has 0 atom stereocenters. The van der Waals surface area contributed by atoms with Crippen molar-refractivity contribution in [2.75, 3.05) is 59.1 Å². The number of hydrogen-bond donors (Lipinski definition) is 1. The lowest BCUT2D eigenvalue weighted by molar-refractivity contribution is 0.0631. The highest BCUT2D eigenvalue weighted by molar-refractivity contribution is 6.31. The van der Waals surface area contributed by atoms with E-state index in [0.29, 0.717) is 16.3 Å². The lowest BCUT2D eigenvalue weighted by Crippen LogP contribution is -2.50. The normalized spacial score (nSPS) is 16.5. The van der Waals surface area contributed by atoms with Gasteiger partial charge in [-0.25, -0.2) is 0 Å². The molecule has 21 heavy (non-hydrogen) atoms. The zero-order valence-corrected chi connectivity index (χ0v) is 13.4. The van der Waals surface area contributed by atoms with Gasteiger partial charge in [0.2, 0.25) is 0 Å². The van der Waals surface area contributed by atoms with Crippen molar-refractivity contribution in [1.29, 1.82) is 0 Å². The number of anilines is 1. The molecule has 0 aliphatic carbocycles. The van der Waals surface area contributed by atoms with Crippen LogP contribution in [0.15, 0.2) is 18.2 Å². The van der Waals surface area contributed by atoms with Gasteiger partial charge in [-0.3, -0.25) is 9.69 Å². The van der Waals surface area contributed by atoms with E-state index in [0.717, 1.165) is 39.3 Å². The number of carbonyl (C=O) groups excluding carboxylic acids is 1. The Kier molecular flexibility index (Phi) is 5.45. The molecule has 1 aromatic carbocycles. The van der Waals surface area contributed by atoms with Crippen molar-refractivity contribution in [3.8, 4) is 0 Å². The number of benzene rings is 1. The van der Waals surface area contributed by atoms with Crippen molar-refractivity contribution in [3.05, 3.63) is 28.8 Å². The molecule has 5 nitrogen and oxygen atoms in total. The summed E-state index contributed by atoms with van der Waals surface area (Å²) in [6.07, 6.45) is 0. The summed E-state index contributed by atoms with van der Waals surface area (Å²) in [5.74, 6) is -0.00331. The molecule has 0 unspecified atom stereocenters. The first-order valence-electron chi connectivity index (χ1n) is 7.19. The van der Waals surface area contributed by atoms with E-state index >= 15 is 0 Å². The predicted octanol–water partition coefficient (Wildman–Crippen LogP) is 1.24. The number of amides is 1. The summed E-state index contributed by atoms with van der Waals surface area (Å²) in [6.45, 7) is 5.39. The maximum atomic E-state index is 12.5. The molecule has 0 spiro atoms. The van der Waals surface area contributed by atoms with Crippen molar-refractivity contribution in [3.63, 3.8) is 0 Å². The Bertz CT molecular complexity index is 498. The van der Waals surface area contributed by atoms with Gasteiger partial charge >= 0.3 is 0 Å². The van der Waals surface area contributed by atoms with Gasteiger partial charge in [-0.05, 0) is 32.3 Å². The first kappa shape index (κ1) is 16.1. The van der Waals surface area contributed by atoms with Crippen LogP contribution in [0.5, 0.6) is 0 Å². The van der Waals surface area contributed by atoms with Gasteiger partial charge in [-0.1, -0.05) is 11.6 Å². The Balaban J connectivity index is 1.91. The molecule has 116 valence electrons. The largest absolute Gasteiger partial charge is 0.398 e. The van der Waals surface area contributed by atoms with Gasteiger partial charge in [-0.2, -0.15) is 0 Å². The molecule has 6 heteroatoms. The minimum Gasteiger partial charge on any atom is -0.398 e. The zero-order chi connectivity index (χ0) is 15.4. The summed E-state index contributed by atoms with van der Waals surface area (Å²) >= 11 is 5.87. The molecule has 0 bridgehead atoms. The second kappa shape index (κ2) is 7.11. The van der Waals surface area contributed by atoms with Crippen LogP contribution in [0.2, 0.25) is 5.02 Å². The average molecular weight is 311 g/mol. The number of hydrogen-bond acceptors (Lipinski definition) is 4. The van der Waals surface area contributed by atoms with E-state index in [-0.39, 0.29) is 5.91 Å². The Morgan fingerprint density at radius 2 is 1.95 bits per heavy atom. The van der Waals surface area contributed by atoms with Crippen LogP contribution in [0.1, 0.15) is 10.4 Å². The molecule has 1 fully saturated rings. The van der Waals surface area contributed by atoms with E-state index in [1.165, 1.54) is 0 Å². The SMILES string of the molecule is CN(C)CCN1CCN(C(=O)c2ccc(Cl)cc2N)CC1. The summed E-state index contributed by atoms with van der Waals surface area (Å²) in [4.78, 5) is 18.9. The molecule has 0 aromatic heterocycles. The van der Waals surface area contributed by atoms with Gasteiger partial charge in [0, 0.05) is 50.0 Å². The topological polar surface area (TPSA) is 52.8 Å². The summed E-state index contributed by atoms with van der Waals surface area (Å²) in [7, 11) is 4.15. The van der Waals surface area contributed by atoms with Crippen LogP contribution in [-0.4, -0.2) is 74.0 Å². The number of piperazine rings is 1. The number of halogens is 1. The zero-order valence-electron chi connectivity index (χ0n) is 12.7. The fraction of sp³-hybridized carbons (Fsp3) is 0.533. The molecule has 1 heterocycles. The summed E-state index contributed by atoms with van der Waals surface area (Å²) in [5, 5.41) is 0.553. The minimum absolute atomic E-state index is 0.00331. The Labute approximate surface area is 131 Å². The Morgan fingerprint density at radius 3 is 2.52 bits per heavy atom. The standard InChI is InChI=1S/C15H23ClN4O/c1-18(2)5-6-19-7-9-20(10-8-19)15(21)13-4-3-12(16)11-14(13)17/h3-4,11H,5-10,17H2,1-2H3. The summed E-state index contributed by atoms with van der Waals surface area (Å²) < 4.78 is 0. The van der Waals surface area contributed by atoms with Crippen molar-refractivity contribution in [1.82, 2.24) is 14.7 Å². The number of nitrogens with two attached hydrogens (primary N) is 1. The molecule has 2 N–H and O–H groups in total. The van der Waals surface area contributed by atoms with Gasteiger partial charge < -0.3 is 15.5 Å². The van der Waals surface area contributed by atoms with Crippen molar-refractivity contribution >= 4 is 23.2 Å². The first-order chi connectivity index (χ1) is 9.97. The lowest BCUT2D eigenvalue weighted by Gasteiger charge is -2.35. The number of carbonyl (C=O) groups is 1. The van der Waals surface area contributed by atoms with Gasteiger partial charge in [0.25, 0.3) is 5.91 Å². The second-order valence-corrected chi connectivity index (χ2v) is 6.11. The van der Waals surface area contributed by atoms with E-state index < -0.39 is 0 Å². The van der Waals surface area contributed by atoms with Gasteiger partial charge in [0.1, 0.15) is 0 Å². The lowest BCUT2D eigenvalue weighted by atomic mass is 10.1. The van der Waals surface area contributed by atoms with Crippen LogP contribution in [-0.2, 0) is 0 Å². The van der Waals surface area contributed by atoms with Gasteiger partial charge in [-0.15, -0.1) is 0 Å². The fourth-order valence-corrected chi connectivity index (χ4v) is 2.60. The first-order valence-corrected chi connectivity index (χ1v) is 7.56. The third-order valence-electron chi connectivity index (χ3n) is 3.77. The molecule has 0 radical (unpaired) electrons. The molecule has 1 aliphatic rings. The van der Waals surface area contributed by atoms with Crippen LogP contribution in [0.25, 0.3) is 0 Å². The molecule has 2 rings (SSSR count). The number of nitrogen functional groups attached to an aromatic ring is 1. The molecule has 1 saturated heterocycles. The highest BCUT2D eigenvalue weighted by atomic mass is 35.5. The summed E-state index contributed by atoms with van der Waals surface area (Å²) in [6, 6.07) is 5.04. The van der Waals surface area contributed by atoms with Crippen LogP contribution < -0.4 is 5.73 Å². The summed E-state index contributed by atoms with van der Waals surface area (Å²) in [5.41, 5.74) is 6.88. The molecule has 1 amide bonds. The molecule has 0 saturated carbocycles. The van der Waals surface area contributed by atoms with Crippen LogP contribution in [0, 0.1) is 0 Å². The number of rotatable bonds is 4. The van der Waals surface area contributed by atoms with Crippen LogP contribution in [0.4, 0.5) is 5.69 Å². The smallest absolute Gasteiger partial charge is 0.256 e. The van der Waals surface area contributed by atoms with Crippen molar-refractivity contribution < 1.29 is 4.79 Å². The van der Waals surface area contributed by atoms with Crippen LogP contribution >= 0.6 is 11.6 Å².